The first-order chi connectivity index (χ1) is 10.3. The van der Waals surface area contributed by atoms with Crippen LogP contribution < -0.4 is 10.1 Å². The van der Waals surface area contributed by atoms with Crippen LogP contribution in [-0.4, -0.2) is 30.4 Å². The molecule has 21 heavy (non-hydrogen) atoms. The Morgan fingerprint density at radius 3 is 2.76 bits per heavy atom. The zero-order valence-corrected chi connectivity index (χ0v) is 12.9. The number of aliphatic hydroxyl groups is 1. The number of fused-ring (bicyclic) bond motifs is 1. The van der Waals surface area contributed by atoms with Crippen molar-refractivity contribution in [3.63, 3.8) is 0 Å². The Hall–Kier alpha value is -1.06. The molecule has 0 unspecified atom stereocenters. The van der Waals surface area contributed by atoms with Gasteiger partial charge in [0.2, 0.25) is 0 Å². The van der Waals surface area contributed by atoms with Gasteiger partial charge in [0, 0.05) is 13.0 Å². The smallest absolute Gasteiger partial charge is 0.122 e. The van der Waals surface area contributed by atoms with Crippen LogP contribution in [0.3, 0.4) is 0 Å². The molecule has 0 amide bonds. The summed E-state index contributed by atoms with van der Waals surface area (Å²) in [4.78, 5) is 0. The highest BCUT2D eigenvalue weighted by atomic mass is 16.5. The van der Waals surface area contributed by atoms with Crippen molar-refractivity contribution in [3.8, 4) is 5.75 Å². The quantitative estimate of drug-likeness (QED) is 0.647. The average Bonchev–Trinajstić information content (AvgIpc) is 2.85. The third kappa shape index (κ3) is 3.98. The van der Waals surface area contributed by atoms with E-state index >= 15 is 0 Å². The van der Waals surface area contributed by atoms with E-state index in [4.69, 9.17) is 4.74 Å². The molecule has 2 aliphatic rings. The third-order valence-electron chi connectivity index (χ3n) is 4.83. The maximum absolute atomic E-state index is 10.6. The van der Waals surface area contributed by atoms with E-state index in [1.165, 1.54) is 36.8 Å². The molecule has 116 valence electrons. The molecule has 2 N–H and O–H groups in total. The maximum Gasteiger partial charge on any atom is 0.122 e. The molecular formula is C18H27NO2. The highest BCUT2D eigenvalue weighted by Crippen LogP contribution is 2.27. The van der Waals surface area contributed by atoms with Crippen LogP contribution in [0.25, 0.3) is 0 Å². The molecule has 0 bridgehead atoms. The Kier molecular flexibility index (Phi) is 4.81. The molecule has 0 atom stereocenters. The molecule has 1 saturated carbocycles. The van der Waals surface area contributed by atoms with Gasteiger partial charge in [-0.1, -0.05) is 37.8 Å². The number of ether oxygens (including phenoxy) is 1. The molecule has 1 heterocycles. The molecule has 3 heteroatoms. The minimum atomic E-state index is -0.470. The van der Waals surface area contributed by atoms with Crippen LogP contribution in [0.4, 0.5) is 0 Å². The lowest BCUT2D eigenvalue weighted by Crippen LogP contribution is -2.40. The Balaban J connectivity index is 1.43. The van der Waals surface area contributed by atoms with E-state index in [1.54, 1.807) is 0 Å². The van der Waals surface area contributed by atoms with Crippen molar-refractivity contribution in [2.24, 2.45) is 0 Å². The number of rotatable bonds is 5. The van der Waals surface area contributed by atoms with Gasteiger partial charge in [0.15, 0.2) is 0 Å². The molecule has 0 radical (unpaired) electrons. The molecule has 1 aromatic carbocycles. The summed E-state index contributed by atoms with van der Waals surface area (Å²) in [5, 5.41) is 14.1. The summed E-state index contributed by atoms with van der Waals surface area (Å²) in [5.41, 5.74) is 2.23. The minimum absolute atomic E-state index is 0.470. The predicted octanol–water partition coefficient (Wildman–Crippen LogP) is 2.84. The van der Waals surface area contributed by atoms with Gasteiger partial charge in [-0.25, -0.2) is 0 Å². The van der Waals surface area contributed by atoms with Crippen molar-refractivity contribution in [2.45, 2.75) is 57.0 Å². The van der Waals surface area contributed by atoms with Crippen molar-refractivity contribution in [1.82, 2.24) is 5.32 Å². The molecule has 1 fully saturated rings. The monoisotopic (exact) mass is 289 g/mol. The third-order valence-corrected chi connectivity index (χ3v) is 4.83. The standard InChI is InChI=1S/C18H27NO2/c20-18(9-3-1-2-4-10-18)14-19-11-7-15-5-6-17-16(13-15)8-12-21-17/h5-6,13,19-20H,1-4,7-12,14H2. The summed E-state index contributed by atoms with van der Waals surface area (Å²) in [7, 11) is 0. The van der Waals surface area contributed by atoms with Crippen molar-refractivity contribution in [3.05, 3.63) is 29.3 Å². The van der Waals surface area contributed by atoms with E-state index in [2.05, 4.69) is 23.5 Å². The van der Waals surface area contributed by atoms with Crippen molar-refractivity contribution in [1.29, 1.82) is 0 Å². The summed E-state index contributed by atoms with van der Waals surface area (Å²) in [6.45, 7) is 2.49. The number of nitrogens with one attached hydrogen (secondary N) is 1. The van der Waals surface area contributed by atoms with Crippen molar-refractivity contribution in [2.75, 3.05) is 19.7 Å². The Morgan fingerprint density at radius 1 is 1.14 bits per heavy atom. The van der Waals surface area contributed by atoms with Gasteiger partial charge in [0.05, 0.1) is 12.2 Å². The maximum atomic E-state index is 10.6. The largest absolute Gasteiger partial charge is 0.493 e. The minimum Gasteiger partial charge on any atom is -0.493 e. The summed E-state index contributed by atoms with van der Waals surface area (Å²) in [6.07, 6.45) is 8.86. The zero-order chi connectivity index (χ0) is 14.5. The molecule has 1 aliphatic carbocycles. The zero-order valence-electron chi connectivity index (χ0n) is 12.9. The lowest BCUT2D eigenvalue weighted by Gasteiger charge is -2.27. The second-order valence-electron chi connectivity index (χ2n) is 6.61. The first kappa shape index (κ1) is 14.9. The van der Waals surface area contributed by atoms with E-state index in [0.29, 0.717) is 0 Å². The topological polar surface area (TPSA) is 41.5 Å². The fourth-order valence-corrected chi connectivity index (χ4v) is 3.51. The van der Waals surface area contributed by atoms with Crippen LogP contribution in [0.1, 0.15) is 49.7 Å². The fraction of sp³-hybridized carbons (Fsp3) is 0.667. The summed E-state index contributed by atoms with van der Waals surface area (Å²) in [5.74, 6) is 1.06. The number of benzene rings is 1. The molecule has 0 aromatic heterocycles. The van der Waals surface area contributed by atoms with Gasteiger partial charge in [-0.2, -0.15) is 0 Å². The fourth-order valence-electron chi connectivity index (χ4n) is 3.51. The SMILES string of the molecule is OC1(CNCCc2ccc3c(c2)CCO3)CCCCCC1. The summed E-state index contributed by atoms with van der Waals surface area (Å²) >= 11 is 0. The molecule has 0 saturated heterocycles. The first-order valence-electron chi connectivity index (χ1n) is 8.43. The Labute approximate surface area is 127 Å². The summed E-state index contributed by atoms with van der Waals surface area (Å²) < 4.78 is 5.53. The predicted molar refractivity (Wildman–Crippen MR) is 84.9 cm³/mol. The van der Waals surface area contributed by atoms with Gasteiger partial charge in [-0.15, -0.1) is 0 Å². The van der Waals surface area contributed by atoms with Crippen LogP contribution in [0.5, 0.6) is 5.75 Å². The van der Waals surface area contributed by atoms with Crippen LogP contribution in [0.15, 0.2) is 18.2 Å². The lowest BCUT2D eigenvalue weighted by molar-refractivity contribution is 0.0256. The van der Waals surface area contributed by atoms with E-state index in [1.807, 2.05) is 0 Å². The van der Waals surface area contributed by atoms with Crippen LogP contribution in [0.2, 0.25) is 0 Å². The molecule has 0 spiro atoms. The number of hydrogen-bond donors (Lipinski definition) is 2. The van der Waals surface area contributed by atoms with E-state index in [-0.39, 0.29) is 0 Å². The molecular weight excluding hydrogens is 262 g/mol. The van der Waals surface area contributed by atoms with Gasteiger partial charge in [0.1, 0.15) is 5.75 Å². The van der Waals surface area contributed by atoms with Gasteiger partial charge in [-0.05, 0) is 43.0 Å². The van der Waals surface area contributed by atoms with Crippen molar-refractivity contribution < 1.29 is 9.84 Å². The van der Waals surface area contributed by atoms with Gasteiger partial charge < -0.3 is 15.2 Å². The van der Waals surface area contributed by atoms with Gasteiger partial charge in [-0.3, -0.25) is 0 Å². The van der Waals surface area contributed by atoms with Gasteiger partial charge >= 0.3 is 0 Å². The van der Waals surface area contributed by atoms with Crippen LogP contribution in [0, 0.1) is 0 Å². The molecule has 3 rings (SSSR count). The summed E-state index contributed by atoms with van der Waals surface area (Å²) in [6, 6.07) is 6.52. The van der Waals surface area contributed by atoms with Crippen LogP contribution >= 0.6 is 0 Å². The Morgan fingerprint density at radius 2 is 1.95 bits per heavy atom. The van der Waals surface area contributed by atoms with Crippen LogP contribution in [-0.2, 0) is 12.8 Å². The second-order valence-corrected chi connectivity index (χ2v) is 6.61. The van der Waals surface area contributed by atoms with Crippen molar-refractivity contribution >= 4 is 0 Å². The molecule has 3 nitrogen and oxygen atoms in total. The number of hydrogen-bond acceptors (Lipinski definition) is 3. The normalized spacial score (nSPS) is 20.6. The Bertz CT molecular complexity index is 464. The lowest BCUT2D eigenvalue weighted by atomic mass is 9.94. The molecule has 1 aliphatic heterocycles. The van der Waals surface area contributed by atoms with Gasteiger partial charge in [0.25, 0.3) is 0 Å². The van der Waals surface area contributed by atoms with E-state index in [0.717, 1.165) is 51.1 Å². The highest BCUT2D eigenvalue weighted by Gasteiger charge is 2.27. The highest BCUT2D eigenvalue weighted by molar-refractivity contribution is 5.39. The second kappa shape index (κ2) is 6.80. The molecule has 1 aromatic rings. The first-order valence-corrected chi connectivity index (χ1v) is 8.43. The van der Waals surface area contributed by atoms with E-state index in [9.17, 15) is 5.11 Å². The van der Waals surface area contributed by atoms with E-state index < -0.39 is 5.60 Å². The average molecular weight is 289 g/mol.